The normalized spacial score (nSPS) is 13.1. The van der Waals surface area contributed by atoms with E-state index in [2.05, 4.69) is 13.5 Å². The van der Waals surface area contributed by atoms with Crippen LogP contribution in [0.5, 0.6) is 0 Å². The van der Waals surface area contributed by atoms with Crippen molar-refractivity contribution in [2.45, 2.75) is 32.3 Å². The molecule has 10 heavy (non-hydrogen) atoms. The number of aliphatic hydroxyl groups is 2. The maximum absolute atomic E-state index is 9.19. The Morgan fingerprint density at radius 2 is 2.20 bits per heavy atom. The van der Waals surface area contributed by atoms with Gasteiger partial charge in [0.1, 0.15) is 0 Å². The number of aliphatic hydroxyl groups excluding tert-OH is 2. The van der Waals surface area contributed by atoms with Crippen LogP contribution in [0.4, 0.5) is 0 Å². The zero-order valence-electron chi connectivity index (χ0n) is 6.51. The number of hydrogen-bond donors (Lipinski definition) is 2. The molecule has 0 aromatic carbocycles. The van der Waals surface area contributed by atoms with Gasteiger partial charge >= 0.3 is 0 Å². The first kappa shape index (κ1) is 9.66. The lowest BCUT2D eigenvalue weighted by Crippen LogP contribution is -2.11. The van der Waals surface area contributed by atoms with Gasteiger partial charge < -0.3 is 10.2 Å². The first-order chi connectivity index (χ1) is 4.72. The summed E-state index contributed by atoms with van der Waals surface area (Å²) in [5.41, 5.74) is 0.522. The van der Waals surface area contributed by atoms with Crippen LogP contribution in [0.15, 0.2) is 12.2 Å². The summed E-state index contributed by atoms with van der Waals surface area (Å²) < 4.78 is 0. The van der Waals surface area contributed by atoms with E-state index in [0.29, 0.717) is 5.57 Å². The molecule has 0 bridgehead atoms. The summed E-state index contributed by atoms with van der Waals surface area (Å²) in [6.07, 6.45) is 2.26. The molecule has 2 nitrogen and oxygen atoms in total. The Morgan fingerprint density at radius 3 is 2.60 bits per heavy atom. The molecule has 0 aliphatic heterocycles. The topological polar surface area (TPSA) is 40.5 Å². The predicted octanol–water partition coefficient (Wildman–Crippen LogP) is 1.09. The van der Waals surface area contributed by atoms with Crippen molar-refractivity contribution >= 4 is 0 Å². The number of unbranched alkanes of at least 4 members (excludes halogenated alkanes) is 1. The lowest BCUT2D eigenvalue weighted by molar-refractivity contribution is 0.176. The lowest BCUT2D eigenvalue weighted by atomic mass is 10.1. The molecule has 0 rings (SSSR count). The fourth-order valence-electron chi connectivity index (χ4n) is 0.707. The van der Waals surface area contributed by atoms with Crippen molar-refractivity contribution in [3.05, 3.63) is 12.2 Å². The molecule has 0 aliphatic carbocycles. The van der Waals surface area contributed by atoms with Crippen LogP contribution in [0.2, 0.25) is 0 Å². The molecule has 0 radical (unpaired) electrons. The molecule has 60 valence electrons. The Labute approximate surface area is 62.2 Å². The average Bonchev–Trinajstić information content (AvgIpc) is 1.98. The fourth-order valence-corrected chi connectivity index (χ4v) is 0.707. The lowest BCUT2D eigenvalue weighted by Gasteiger charge is -2.09. The monoisotopic (exact) mass is 144 g/mol. The van der Waals surface area contributed by atoms with Gasteiger partial charge in [0.15, 0.2) is 0 Å². The third-order valence-electron chi connectivity index (χ3n) is 1.51. The quantitative estimate of drug-likeness (QED) is 0.567. The second-order valence-electron chi connectivity index (χ2n) is 2.47. The van der Waals surface area contributed by atoms with Crippen molar-refractivity contribution in [1.29, 1.82) is 0 Å². The zero-order valence-corrected chi connectivity index (χ0v) is 6.51. The Hall–Kier alpha value is -0.340. The van der Waals surface area contributed by atoms with Crippen LogP contribution in [-0.4, -0.2) is 22.9 Å². The second kappa shape index (κ2) is 5.45. The van der Waals surface area contributed by atoms with E-state index < -0.39 is 6.10 Å². The highest BCUT2D eigenvalue weighted by Crippen LogP contribution is 2.06. The van der Waals surface area contributed by atoms with E-state index in [0.717, 1.165) is 19.3 Å². The minimum absolute atomic E-state index is 0.106. The third-order valence-corrected chi connectivity index (χ3v) is 1.51. The van der Waals surface area contributed by atoms with E-state index in [1.807, 2.05) is 0 Å². The molecule has 0 amide bonds. The predicted molar refractivity (Wildman–Crippen MR) is 41.8 cm³/mol. The van der Waals surface area contributed by atoms with Crippen LogP contribution in [0.25, 0.3) is 0 Å². The van der Waals surface area contributed by atoms with Gasteiger partial charge in [-0.25, -0.2) is 0 Å². The molecule has 0 heterocycles. The molecule has 0 aromatic rings. The van der Waals surface area contributed by atoms with Crippen molar-refractivity contribution in [2.75, 3.05) is 6.61 Å². The van der Waals surface area contributed by atoms with Crippen LogP contribution < -0.4 is 0 Å². The molecule has 2 heteroatoms. The molecular weight excluding hydrogens is 128 g/mol. The standard InChI is InChI=1S/C8H16O2/c1-3-4-5-8(10)7(2)6-9/h8-10H,2-6H2,1H3. The van der Waals surface area contributed by atoms with Crippen LogP contribution in [-0.2, 0) is 0 Å². The minimum Gasteiger partial charge on any atom is -0.392 e. The van der Waals surface area contributed by atoms with Crippen LogP contribution in [0.1, 0.15) is 26.2 Å². The first-order valence-electron chi connectivity index (χ1n) is 3.69. The second-order valence-corrected chi connectivity index (χ2v) is 2.47. The third kappa shape index (κ3) is 3.64. The highest BCUT2D eigenvalue weighted by atomic mass is 16.3. The molecule has 1 unspecified atom stereocenters. The molecular formula is C8H16O2. The first-order valence-corrected chi connectivity index (χ1v) is 3.69. The number of rotatable bonds is 5. The van der Waals surface area contributed by atoms with Crippen molar-refractivity contribution < 1.29 is 10.2 Å². The maximum atomic E-state index is 9.19. The van der Waals surface area contributed by atoms with E-state index in [9.17, 15) is 5.11 Å². The molecule has 2 N–H and O–H groups in total. The number of hydrogen-bond acceptors (Lipinski definition) is 2. The molecule has 0 aromatic heterocycles. The van der Waals surface area contributed by atoms with Gasteiger partial charge in [0.05, 0.1) is 12.7 Å². The van der Waals surface area contributed by atoms with Gasteiger partial charge in [-0.2, -0.15) is 0 Å². The highest BCUT2D eigenvalue weighted by Gasteiger charge is 2.05. The Morgan fingerprint density at radius 1 is 1.60 bits per heavy atom. The van der Waals surface area contributed by atoms with Gasteiger partial charge in [0, 0.05) is 0 Å². The summed E-state index contributed by atoms with van der Waals surface area (Å²) in [5, 5.41) is 17.7. The molecule has 0 saturated carbocycles. The minimum atomic E-state index is -0.509. The van der Waals surface area contributed by atoms with Gasteiger partial charge in [-0.05, 0) is 12.0 Å². The van der Waals surface area contributed by atoms with Crippen molar-refractivity contribution in [2.24, 2.45) is 0 Å². The summed E-state index contributed by atoms with van der Waals surface area (Å²) in [7, 11) is 0. The Kier molecular flexibility index (Phi) is 5.26. The van der Waals surface area contributed by atoms with Crippen molar-refractivity contribution in [3.63, 3.8) is 0 Å². The van der Waals surface area contributed by atoms with Gasteiger partial charge in [-0.1, -0.05) is 26.3 Å². The molecule has 0 saturated heterocycles. The van der Waals surface area contributed by atoms with Crippen molar-refractivity contribution in [3.8, 4) is 0 Å². The van der Waals surface area contributed by atoms with Gasteiger partial charge in [-0.3, -0.25) is 0 Å². The van der Waals surface area contributed by atoms with E-state index in [-0.39, 0.29) is 6.61 Å². The van der Waals surface area contributed by atoms with E-state index in [4.69, 9.17) is 5.11 Å². The van der Waals surface area contributed by atoms with Crippen molar-refractivity contribution in [1.82, 2.24) is 0 Å². The highest BCUT2D eigenvalue weighted by molar-refractivity contribution is 5.00. The maximum Gasteiger partial charge on any atom is 0.0769 e. The van der Waals surface area contributed by atoms with E-state index in [1.165, 1.54) is 0 Å². The van der Waals surface area contributed by atoms with Crippen LogP contribution >= 0.6 is 0 Å². The molecule has 0 aliphatic rings. The summed E-state index contributed by atoms with van der Waals surface area (Å²) in [4.78, 5) is 0. The SMILES string of the molecule is C=C(CO)C(O)CCCC. The van der Waals surface area contributed by atoms with Gasteiger partial charge in [0.2, 0.25) is 0 Å². The summed E-state index contributed by atoms with van der Waals surface area (Å²) >= 11 is 0. The van der Waals surface area contributed by atoms with E-state index >= 15 is 0 Å². The van der Waals surface area contributed by atoms with Crippen LogP contribution in [0.3, 0.4) is 0 Å². The summed E-state index contributed by atoms with van der Waals surface area (Å²) in [6.45, 7) is 5.48. The summed E-state index contributed by atoms with van der Waals surface area (Å²) in [5.74, 6) is 0. The molecule has 1 atom stereocenters. The molecule has 0 spiro atoms. The zero-order chi connectivity index (χ0) is 7.98. The van der Waals surface area contributed by atoms with Gasteiger partial charge in [-0.15, -0.1) is 0 Å². The summed E-state index contributed by atoms with van der Waals surface area (Å²) in [6, 6.07) is 0. The average molecular weight is 144 g/mol. The van der Waals surface area contributed by atoms with Gasteiger partial charge in [0.25, 0.3) is 0 Å². The fraction of sp³-hybridized carbons (Fsp3) is 0.750. The smallest absolute Gasteiger partial charge is 0.0769 e. The van der Waals surface area contributed by atoms with E-state index in [1.54, 1.807) is 0 Å². The largest absolute Gasteiger partial charge is 0.392 e. The Bertz CT molecular complexity index is 99.4. The van der Waals surface area contributed by atoms with Crippen LogP contribution in [0, 0.1) is 0 Å². The molecule has 0 fully saturated rings. The Balaban J connectivity index is 3.41.